The molecule has 0 fully saturated rings. The Balaban J connectivity index is 1.96. The summed E-state index contributed by atoms with van der Waals surface area (Å²) in [6.07, 6.45) is 2.71. The van der Waals surface area contributed by atoms with Crippen molar-refractivity contribution in [3.05, 3.63) is 35.2 Å². The molecule has 14 heteroatoms. The van der Waals surface area contributed by atoms with E-state index in [2.05, 4.69) is 15.8 Å². The summed E-state index contributed by atoms with van der Waals surface area (Å²) >= 11 is 0. The van der Waals surface area contributed by atoms with Gasteiger partial charge in [-0.25, -0.2) is 17.5 Å². The Morgan fingerprint density at radius 2 is 1.95 bits per heavy atom. The zero-order chi connectivity index (χ0) is 31.9. The molecule has 0 saturated carbocycles. The second-order valence-corrected chi connectivity index (χ2v) is 13.4. The molecule has 3 N–H and O–H groups in total. The quantitative estimate of drug-likeness (QED) is 0.418. The molecule has 3 rings (SSSR count). The normalized spacial score (nSPS) is 21.5. The number of sulfonamides is 1. The first kappa shape index (κ1) is 34.3. The molecule has 0 radical (unpaired) electrons. The zero-order valence-corrected chi connectivity index (χ0v) is 26.9. The van der Waals surface area contributed by atoms with Gasteiger partial charge in [-0.15, -0.1) is 0 Å². The van der Waals surface area contributed by atoms with E-state index in [0.29, 0.717) is 41.6 Å². The maximum absolute atomic E-state index is 14.2. The fourth-order valence-electron chi connectivity index (χ4n) is 4.79. The minimum Gasteiger partial charge on any atom is -0.490 e. The number of amides is 3. The second kappa shape index (κ2) is 15.0. The van der Waals surface area contributed by atoms with Gasteiger partial charge in [-0.3, -0.25) is 4.79 Å². The fourth-order valence-corrected chi connectivity index (χ4v) is 5.21. The molecule has 0 bridgehead atoms. The Bertz CT molecular complexity index is 1350. The van der Waals surface area contributed by atoms with Crippen molar-refractivity contribution in [2.24, 2.45) is 5.92 Å². The van der Waals surface area contributed by atoms with Crippen LogP contribution in [0.3, 0.4) is 0 Å². The Hall–Kier alpha value is -3.20. The van der Waals surface area contributed by atoms with E-state index in [1.54, 1.807) is 39.0 Å². The van der Waals surface area contributed by atoms with E-state index in [-0.39, 0.29) is 37.3 Å². The Morgan fingerprint density at radius 3 is 2.58 bits per heavy atom. The minimum atomic E-state index is -3.45. The first-order valence-corrected chi connectivity index (χ1v) is 16.3. The SMILES string of the molecule is Cc1noc(C)c1NC(=O)Nc1ccc2c(c1)C(=O)N([C@@H](C)CO)C[C@H](C)[C@@H](CN(C)S(C)(=O)=O)OCCCC[C@@H](C)O2. The molecule has 4 atom stereocenters. The van der Waals surface area contributed by atoms with Crippen LogP contribution >= 0.6 is 0 Å². The van der Waals surface area contributed by atoms with Crippen molar-refractivity contribution in [1.82, 2.24) is 14.4 Å². The van der Waals surface area contributed by atoms with Gasteiger partial charge in [0.15, 0.2) is 5.76 Å². The second-order valence-electron chi connectivity index (χ2n) is 11.3. The van der Waals surface area contributed by atoms with Crippen LogP contribution in [0.4, 0.5) is 16.2 Å². The predicted octanol–water partition coefficient (Wildman–Crippen LogP) is 3.62. The third-order valence-corrected chi connectivity index (χ3v) is 8.87. The maximum Gasteiger partial charge on any atom is 0.323 e. The topological polar surface area (TPSA) is 164 Å². The van der Waals surface area contributed by atoms with Gasteiger partial charge < -0.3 is 34.6 Å². The van der Waals surface area contributed by atoms with Crippen molar-refractivity contribution >= 4 is 33.3 Å². The number of anilines is 2. The lowest BCUT2D eigenvalue weighted by Crippen LogP contribution is -2.47. The molecular formula is C29H45N5O8S. The monoisotopic (exact) mass is 623 g/mol. The van der Waals surface area contributed by atoms with Crippen LogP contribution in [0.1, 0.15) is 61.8 Å². The molecule has 0 saturated heterocycles. The van der Waals surface area contributed by atoms with Gasteiger partial charge in [0.1, 0.15) is 17.1 Å². The highest BCUT2D eigenvalue weighted by molar-refractivity contribution is 7.88. The average molecular weight is 624 g/mol. The van der Waals surface area contributed by atoms with Crippen LogP contribution in [0.5, 0.6) is 5.75 Å². The molecule has 0 spiro atoms. The number of fused-ring (bicyclic) bond motifs is 1. The van der Waals surface area contributed by atoms with Crippen LogP contribution in [0.25, 0.3) is 0 Å². The fraction of sp³-hybridized carbons (Fsp3) is 0.621. The molecule has 1 aliphatic rings. The Kier molecular flexibility index (Phi) is 12.0. The number of likely N-dealkylation sites (N-methyl/N-ethyl adjacent to an activating group) is 1. The number of aryl methyl sites for hydroxylation is 2. The summed E-state index contributed by atoms with van der Waals surface area (Å²) < 4.78 is 43.1. The van der Waals surface area contributed by atoms with Crippen LogP contribution < -0.4 is 15.4 Å². The summed E-state index contributed by atoms with van der Waals surface area (Å²) in [5.74, 6) is 0.133. The molecule has 2 aromatic rings. The van der Waals surface area contributed by atoms with Crippen LogP contribution in [-0.2, 0) is 14.8 Å². The molecule has 1 aromatic heterocycles. The number of aliphatic hydroxyl groups excluding tert-OH is 1. The molecular weight excluding hydrogens is 578 g/mol. The summed E-state index contributed by atoms with van der Waals surface area (Å²) in [4.78, 5) is 28.5. The summed E-state index contributed by atoms with van der Waals surface area (Å²) in [5, 5.41) is 19.4. The van der Waals surface area contributed by atoms with Gasteiger partial charge in [0.05, 0.1) is 36.7 Å². The number of aliphatic hydroxyl groups is 1. The van der Waals surface area contributed by atoms with Gasteiger partial charge in [0.25, 0.3) is 5.91 Å². The molecule has 3 amide bonds. The first-order chi connectivity index (χ1) is 20.2. The van der Waals surface area contributed by atoms with Gasteiger partial charge in [-0.2, -0.15) is 0 Å². The largest absolute Gasteiger partial charge is 0.490 e. The number of carbonyl (C=O) groups is 2. The van der Waals surface area contributed by atoms with Crippen molar-refractivity contribution in [3.8, 4) is 5.75 Å². The number of carbonyl (C=O) groups excluding carboxylic acids is 2. The highest BCUT2D eigenvalue weighted by Gasteiger charge is 2.31. The lowest BCUT2D eigenvalue weighted by atomic mass is 10.0. The van der Waals surface area contributed by atoms with Gasteiger partial charge >= 0.3 is 6.03 Å². The molecule has 240 valence electrons. The number of nitrogens with zero attached hydrogens (tertiary/aromatic N) is 3. The Labute approximate surface area is 253 Å². The van der Waals surface area contributed by atoms with Gasteiger partial charge in [-0.1, -0.05) is 12.1 Å². The number of aromatic nitrogens is 1. The highest BCUT2D eigenvalue weighted by Crippen LogP contribution is 2.29. The number of benzene rings is 1. The van der Waals surface area contributed by atoms with Crippen molar-refractivity contribution in [2.75, 3.05) is 50.2 Å². The maximum atomic E-state index is 14.2. The molecule has 0 aliphatic carbocycles. The number of hydrogen-bond acceptors (Lipinski definition) is 9. The van der Waals surface area contributed by atoms with E-state index in [4.69, 9.17) is 14.0 Å². The minimum absolute atomic E-state index is 0.125. The zero-order valence-electron chi connectivity index (χ0n) is 26.0. The summed E-state index contributed by atoms with van der Waals surface area (Å²) in [7, 11) is -1.95. The third kappa shape index (κ3) is 9.39. The van der Waals surface area contributed by atoms with E-state index in [9.17, 15) is 23.1 Å². The number of hydrogen-bond donors (Lipinski definition) is 3. The van der Waals surface area contributed by atoms with Crippen molar-refractivity contribution < 1.29 is 37.1 Å². The van der Waals surface area contributed by atoms with Crippen LogP contribution in [0, 0.1) is 19.8 Å². The molecule has 13 nitrogen and oxygen atoms in total. The van der Waals surface area contributed by atoms with E-state index in [1.165, 1.54) is 16.3 Å². The average Bonchev–Trinajstić information content (AvgIpc) is 3.25. The van der Waals surface area contributed by atoms with Crippen molar-refractivity contribution in [2.45, 2.75) is 72.1 Å². The molecule has 1 aromatic carbocycles. The third-order valence-electron chi connectivity index (χ3n) is 7.58. The first-order valence-electron chi connectivity index (χ1n) is 14.5. The van der Waals surface area contributed by atoms with Crippen molar-refractivity contribution in [1.29, 1.82) is 0 Å². The molecule has 2 heterocycles. The van der Waals surface area contributed by atoms with E-state index in [1.807, 2.05) is 13.8 Å². The standard InChI is InChI=1S/C29H45N5O8S/c1-18-15-34(19(2)17-35)28(36)24-14-23(30-29(37)31-27-21(4)32-42-22(27)5)11-12-25(24)41-20(3)10-8-9-13-40-26(18)16-33(6)43(7,38)39/h11-12,14,18-20,26,35H,8-10,13,15-17H2,1-7H3,(H2,30,31,37)/t18-,19-,20+,26+/m0/s1. The number of urea groups is 1. The van der Waals surface area contributed by atoms with E-state index < -0.39 is 34.1 Å². The number of rotatable bonds is 7. The summed E-state index contributed by atoms with van der Waals surface area (Å²) in [5.41, 5.74) is 1.56. The number of ether oxygens (including phenoxy) is 2. The highest BCUT2D eigenvalue weighted by atomic mass is 32.2. The van der Waals surface area contributed by atoms with Gasteiger partial charge in [0.2, 0.25) is 10.0 Å². The smallest absolute Gasteiger partial charge is 0.323 e. The van der Waals surface area contributed by atoms with Crippen LogP contribution in [0.15, 0.2) is 22.7 Å². The lowest BCUT2D eigenvalue weighted by molar-refractivity contribution is -0.00828. The number of nitrogens with one attached hydrogen (secondary N) is 2. The summed E-state index contributed by atoms with van der Waals surface area (Å²) in [6, 6.07) is 3.75. The molecule has 43 heavy (non-hydrogen) atoms. The summed E-state index contributed by atoms with van der Waals surface area (Å²) in [6.45, 7) is 9.39. The van der Waals surface area contributed by atoms with Crippen LogP contribution in [-0.4, -0.2) is 97.7 Å². The van der Waals surface area contributed by atoms with Crippen LogP contribution in [0.2, 0.25) is 0 Å². The molecule has 1 aliphatic heterocycles. The van der Waals surface area contributed by atoms with E-state index >= 15 is 0 Å². The van der Waals surface area contributed by atoms with Gasteiger partial charge in [-0.05, 0) is 65.2 Å². The van der Waals surface area contributed by atoms with Crippen molar-refractivity contribution in [3.63, 3.8) is 0 Å². The van der Waals surface area contributed by atoms with Gasteiger partial charge in [0, 0.05) is 38.3 Å². The lowest BCUT2D eigenvalue weighted by Gasteiger charge is -2.35. The Morgan fingerprint density at radius 1 is 1.23 bits per heavy atom. The molecule has 0 unspecified atom stereocenters. The van der Waals surface area contributed by atoms with E-state index in [0.717, 1.165) is 19.1 Å². The predicted molar refractivity (Wildman–Crippen MR) is 163 cm³/mol.